The predicted molar refractivity (Wildman–Crippen MR) is 104 cm³/mol. The van der Waals surface area contributed by atoms with E-state index in [4.69, 9.17) is 0 Å². The van der Waals surface area contributed by atoms with Gasteiger partial charge < -0.3 is 5.32 Å². The summed E-state index contributed by atoms with van der Waals surface area (Å²) in [5.41, 5.74) is 2.17. The fourth-order valence-corrected chi connectivity index (χ4v) is 3.09. The van der Waals surface area contributed by atoms with Gasteiger partial charge in [0.25, 0.3) is 0 Å². The lowest BCUT2D eigenvalue weighted by atomic mass is 9.81. The summed E-state index contributed by atoms with van der Waals surface area (Å²) >= 11 is 0. The van der Waals surface area contributed by atoms with E-state index in [0.29, 0.717) is 5.56 Å². The Morgan fingerprint density at radius 3 is 1.81 bits per heavy atom. The van der Waals surface area contributed by atoms with Gasteiger partial charge in [-0.2, -0.15) is 0 Å². The van der Waals surface area contributed by atoms with E-state index in [1.54, 1.807) is 12.1 Å². The minimum absolute atomic E-state index is 0.0392. The quantitative estimate of drug-likeness (QED) is 0.645. The molecule has 0 saturated heterocycles. The lowest BCUT2D eigenvalue weighted by Gasteiger charge is -2.23. The fraction of sp³-hybridized carbons (Fsp3) is 0.130. The minimum Gasteiger partial charge on any atom is -0.326 e. The highest BCUT2D eigenvalue weighted by Crippen LogP contribution is 2.29. The molecule has 3 aromatic rings. The zero-order chi connectivity index (χ0) is 18.4. The van der Waals surface area contributed by atoms with Gasteiger partial charge in [0.05, 0.1) is 5.92 Å². The predicted octanol–water partition coefficient (Wildman–Crippen LogP) is 4.93. The topological polar surface area (TPSA) is 46.2 Å². The third-order valence-corrected chi connectivity index (χ3v) is 4.45. The molecule has 0 spiro atoms. The Bertz CT molecular complexity index is 860. The number of rotatable bonds is 6. The zero-order valence-corrected chi connectivity index (χ0v) is 14.6. The monoisotopic (exact) mass is 343 g/mol. The molecule has 0 aliphatic carbocycles. The van der Waals surface area contributed by atoms with Crippen molar-refractivity contribution in [3.8, 4) is 0 Å². The number of para-hydroxylation sites is 1. The van der Waals surface area contributed by atoms with Gasteiger partial charge in [-0.25, -0.2) is 0 Å². The maximum absolute atomic E-state index is 13.0. The van der Waals surface area contributed by atoms with Crippen LogP contribution < -0.4 is 5.32 Å². The Hall–Kier alpha value is -3.20. The van der Waals surface area contributed by atoms with E-state index in [1.807, 2.05) is 85.8 Å². The van der Waals surface area contributed by atoms with Gasteiger partial charge in [-0.3, -0.25) is 9.59 Å². The number of carbonyl (C=O) groups excluding carboxylic acids is 2. The van der Waals surface area contributed by atoms with Crippen LogP contribution in [0.3, 0.4) is 0 Å². The number of ketones is 1. The highest BCUT2D eigenvalue weighted by atomic mass is 16.2. The molecule has 3 aromatic carbocycles. The average molecular weight is 343 g/mol. The van der Waals surface area contributed by atoms with Gasteiger partial charge in [-0.1, -0.05) is 85.8 Å². The van der Waals surface area contributed by atoms with Gasteiger partial charge >= 0.3 is 0 Å². The Morgan fingerprint density at radius 1 is 0.731 bits per heavy atom. The van der Waals surface area contributed by atoms with Crippen LogP contribution >= 0.6 is 0 Å². The number of hydrogen-bond acceptors (Lipinski definition) is 2. The molecule has 0 aliphatic rings. The molecule has 3 nitrogen and oxygen atoms in total. The van der Waals surface area contributed by atoms with E-state index < -0.39 is 11.8 Å². The molecule has 2 unspecified atom stereocenters. The summed E-state index contributed by atoms with van der Waals surface area (Å²) in [5, 5.41) is 2.94. The first-order chi connectivity index (χ1) is 12.7. The van der Waals surface area contributed by atoms with Gasteiger partial charge in [0.1, 0.15) is 0 Å². The number of anilines is 1. The average Bonchev–Trinajstić information content (AvgIpc) is 2.70. The summed E-state index contributed by atoms with van der Waals surface area (Å²) in [6.45, 7) is 1.82. The van der Waals surface area contributed by atoms with Crippen molar-refractivity contribution in [1.82, 2.24) is 0 Å². The molecule has 26 heavy (non-hydrogen) atoms. The molecule has 130 valence electrons. The highest BCUT2D eigenvalue weighted by molar-refractivity contribution is 6.04. The highest BCUT2D eigenvalue weighted by Gasteiger charge is 2.32. The van der Waals surface area contributed by atoms with E-state index in [1.165, 1.54) is 0 Å². The van der Waals surface area contributed by atoms with Crippen LogP contribution in [0.5, 0.6) is 0 Å². The molecular formula is C23H21NO2. The summed E-state index contributed by atoms with van der Waals surface area (Å²) in [4.78, 5) is 26.0. The maximum Gasteiger partial charge on any atom is 0.232 e. The molecule has 0 heterocycles. The Morgan fingerprint density at radius 2 is 1.23 bits per heavy atom. The second-order valence-electron chi connectivity index (χ2n) is 6.26. The molecule has 0 bridgehead atoms. The summed E-state index contributed by atoms with van der Waals surface area (Å²) in [6, 6.07) is 27.9. The summed E-state index contributed by atoms with van der Waals surface area (Å²) < 4.78 is 0. The SMILES string of the molecule is CC(C(=O)c1ccccc1)C(C(=O)Nc1ccccc1)c1ccccc1. The molecule has 0 aromatic heterocycles. The fourth-order valence-electron chi connectivity index (χ4n) is 3.09. The van der Waals surface area contributed by atoms with Crippen LogP contribution in [0, 0.1) is 5.92 Å². The second-order valence-corrected chi connectivity index (χ2v) is 6.26. The molecule has 0 aliphatic heterocycles. The molecule has 0 fully saturated rings. The Kier molecular flexibility index (Phi) is 5.59. The van der Waals surface area contributed by atoms with E-state index in [-0.39, 0.29) is 11.7 Å². The number of benzene rings is 3. The van der Waals surface area contributed by atoms with Gasteiger partial charge in [0.15, 0.2) is 5.78 Å². The molecule has 3 heteroatoms. The number of hydrogen-bond donors (Lipinski definition) is 1. The first kappa shape index (κ1) is 17.6. The molecule has 1 N–H and O–H groups in total. The molecule has 0 saturated carbocycles. The molecule has 2 atom stereocenters. The first-order valence-electron chi connectivity index (χ1n) is 8.67. The maximum atomic E-state index is 13.0. The van der Waals surface area contributed by atoms with Crippen molar-refractivity contribution in [2.45, 2.75) is 12.8 Å². The van der Waals surface area contributed by atoms with Crippen LogP contribution in [0.1, 0.15) is 28.8 Å². The van der Waals surface area contributed by atoms with E-state index in [2.05, 4.69) is 5.32 Å². The number of amides is 1. The smallest absolute Gasteiger partial charge is 0.232 e. The lowest BCUT2D eigenvalue weighted by molar-refractivity contribution is -0.118. The second kappa shape index (κ2) is 8.26. The molecular weight excluding hydrogens is 322 g/mol. The molecule has 1 amide bonds. The van der Waals surface area contributed by atoms with Crippen LogP contribution in [0.2, 0.25) is 0 Å². The van der Waals surface area contributed by atoms with Crippen molar-refractivity contribution in [2.24, 2.45) is 5.92 Å². The molecule has 0 radical (unpaired) electrons. The van der Waals surface area contributed by atoms with E-state index in [9.17, 15) is 9.59 Å². The van der Waals surface area contributed by atoms with Crippen LogP contribution in [0.15, 0.2) is 91.0 Å². The standard InChI is InChI=1S/C23H21NO2/c1-17(22(25)19-13-7-3-8-14-19)21(18-11-5-2-6-12-18)23(26)24-20-15-9-4-10-16-20/h2-17,21H,1H3,(H,24,26). The third kappa shape index (κ3) is 4.06. The lowest BCUT2D eigenvalue weighted by Crippen LogP contribution is -2.30. The largest absolute Gasteiger partial charge is 0.326 e. The summed E-state index contributed by atoms with van der Waals surface area (Å²) in [6.07, 6.45) is 0. The van der Waals surface area contributed by atoms with Gasteiger partial charge in [-0.05, 0) is 17.7 Å². The van der Waals surface area contributed by atoms with Crippen LogP contribution in [-0.2, 0) is 4.79 Å². The number of Topliss-reactive ketones (excluding diaryl/α,β-unsaturated/α-hetero) is 1. The zero-order valence-electron chi connectivity index (χ0n) is 14.6. The van der Waals surface area contributed by atoms with Gasteiger partial charge in [-0.15, -0.1) is 0 Å². The van der Waals surface area contributed by atoms with E-state index in [0.717, 1.165) is 11.3 Å². The number of carbonyl (C=O) groups is 2. The van der Waals surface area contributed by atoms with Crippen molar-refractivity contribution >= 4 is 17.4 Å². The summed E-state index contributed by atoms with van der Waals surface area (Å²) in [5.74, 6) is -1.27. The van der Waals surface area contributed by atoms with Crippen molar-refractivity contribution in [2.75, 3.05) is 5.32 Å². The first-order valence-corrected chi connectivity index (χ1v) is 8.67. The normalized spacial score (nSPS) is 12.8. The Labute approximate surface area is 153 Å². The van der Waals surface area contributed by atoms with Crippen molar-refractivity contribution in [3.63, 3.8) is 0 Å². The minimum atomic E-state index is -0.566. The Balaban J connectivity index is 1.91. The van der Waals surface area contributed by atoms with E-state index >= 15 is 0 Å². The molecule has 3 rings (SSSR count). The van der Waals surface area contributed by atoms with Crippen LogP contribution in [0.25, 0.3) is 0 Å². The van der Waals surface area contributed by atoms with Crippen molar-refractivity contribution < 1.29 is 9.59 Å². The van der Waals surface area contributed by atoms with Crippen molar-refractivity contribution in [3.05, 3.63) is 102 Å². The van der Waals surface area contributed by atoms with Gasteiger partial charge in [0, 0.05) is 17.2 Å². The van der Waals surface area contributed by atoms with Gasteiger partial charge in [0.2, 0.25) is 5.91 Å². The van der Waals surface area contributed by atoms with Crippen molar-refractivity contribution in [1.29, 1.82) is 0 Å². The number of nitrogens with one attached hydrogen (secondary N) is 1. The van der Waals surface area contributed by atoms with Crippen LogP contribution in [0.4, 0.5) is 5.69 Å². The van der Waals surface area contributed by atoms with Crippen LogP contribution in [-0.4, -0.2) is 11.7 Å². The third-order valence-electron chi connectivity index (χ3n) is 4.45. The summed E-state index contributed by atoms with van der Waals surface area (Å²) in [7, 11) is 0.